The lowest BCUT2D eigenvalue weighted by atomic mass is 10.2. The van der Waals surface area contributed by atoms with Crippen LogP contribution in [0.3, 0.4) is 0 Å². The van der Waals surface area contributed by atoms with E-state index in [1.54, 1.807) is 23.3 Å². The van der Waals surface area contributed by atoms with Crippen molar-refractivity contribution < 1.29 is 4.79 Å². The number of carbonyl (C=O) groups excluding carboxylic acids is 1. The zero-order valence-electron chi connectivity index (χ0n) is 11.8. The number of carbonyl (C=O) groups is 1. The van der Waals surface area contributed by atoms with Gasteiger partial charge in [-0.25, -0.2) is 0 Å². The number of rotatable bonds is 3. The van der Waals surface area contributed by atoms with Crippen LogP contribution in [-0.2, 0) is 6.54 Å². The molecule has 0 aliphatic rings. The molecule has 2 aromatic rings. The van der Waals surface area contributed by atoms with Gasteiger partial charge in [-0.3, -0.25) is 4.79 Å². The fraction of sp³-hybridized carbons (Fsp3) is 0.267. The molecule has 0 spiro atoms. The van der Waals surface area contributed by atoms with Crippen molar-refractivity contribution in [3.8, 4) is 11.8 Å². The Bertz CT molecular complexity index is 709. The molecule has 0 saturated carbocycles. The molecule has 0 bridgehead atoms. The van der Waals surface area contributed by atoms with Crippen LogP contribution in [0.15, 0.2) is 16.8 Å². The van der Waals surface area contributed by atoms with Crippen molar-refractivity contribution in [1.82, 2.24) is 4.90 Å². The van der Waals surface area contributed by atoms with E-state index in [9.17, 15) is 4.79 Å². The summed E-state index contributed by atoms with van der Waals surface area (Å²) in [7, 11) is 1.77. The Hall–Kier alpha value is -1.32. The maximum Gasteiger partial charge on any atom is 0.265 e. The standard InChI is InChI=1S/C15H15ClN2OS2/c1-10-8-21-14(13(10)16)15(19)18(2)7-11-6-12(20-9-11)4-3-5-17/h6,8-9H,5,7,17H2,1-2H3. The summed E-state index contributed by atoms with van der Waals surface area (Å²) in [6.45, 7) is 2.78. The minimum absolute atomic E-state index is 0.0566. The highest BCUT2D eigenvalue weighted by Crippen LogP contribution is 2.28. The second-order valence-electron chi connectivity index (χ2n) is 4.55. The van der Waals surface area contributed by atoms with Gasteiger partial charge in [0.15, 0.2) is 0 Å². The Balaban J connectivity index is 2.07. The average molecular weight is 339 g/mol. The summed E-state index contributed by atoms with van der Waals surface area (Å²) in [5.74, 6) is 5.76. The topological polar surface area (TPSA) is 46.3 Å². The summed E-state index contributed by atoms with van der Waals surface area (Å²) in [6.07, 6.45) is 0. The molecular formula is C15H15ClN2OS2. The van der Waals surface area contributed by atoms with Gasteiger partial charge in [0.05, 0.1) is 16.4 Å². The van der Waals surface area contributed by atoms with Gasteiger partial charge in [-0.1, -0.05) is 23.4 Å². The molecule has 0 saturated heterocycles. The van der Waals surface area contributed by atoms with Crippen LogP contribution >= 0.6 is 34.3 Å². The van der Waals surface area contributed by atoms with E-state index in [1.165, 1.54) is 11.3 Å². The number of nitrogens with two attached hydrogens (primary N) is 1. The Labute approximate surface area is 137 Å². The van der Waals surface area contributed by atoms with Crippen molar-refractivity contribution in [3.05, 3.63) is 42.7 Å². The highest BCUT2D eigenvalue weighted by Gasteiger charge is 2.18. The van der Waals surface area contributed by atoms with Gasteiger partial charge in [-0.2, -0.15) is 0 Å². The number of hydrogen-bond acceptors (Lipinski definition) is 4. The van der Waals surface area contributed by atoms with Crippen LogP contribution in [0.1, 0.15) is 25.7 Å². The molecule has 0 unspecified atom stereocenters. The molecule has 6 heteroatoms. The zero-order valence-corrected chi connectivity index (χ0v) is 14.2. The summed E-state index contributed by atoms with van der Waals surface area (Å²) in [6, 6.07) is 1.98. The summed E-state index contributed by atoms with van der Waals surface area (Å²) in [4.78, 5) is 15.6. The van der Waals surface area contributed by atoms with Crippen LogP contribution in [0, 0.1) is 18.8 Å². The van der Waals surface area contributed by atoms with Gasteiger partial charge in [0, 0.05) is 13.6 Å². The van der Waals surface area contributed by atoms with Crippen molar-refractivity contribution in [2.75, 3.05) is 13.6 Å². The van der Waals surface area contributed by atoms with E-state index in [2.05, 4.69) is 11.8 Å². The van der Waals surface area contributed by atoms with E-state index >= 15 is 0 Å². The number of aryl methyl sites for hydroxylation is 1. The highest BCUT2D eigenvalue weighted by atomic mass is 35.5. The first-order valence-electron chi connectivity index (χ1n) is 6.28. The summed E-state index contributed by atoms with van der Waals surface area (Å²) >= 11 is 9.09. The second kappa shape index (κ2) is 7.10. The molecule has 0 aromatic carbocycles. The molecule has 2 N–H and O–H groups in total. The zero-order chi connectivity index (χ0) is 15.4. The molecule has 0 atom stereocenters. The van der Waals surface area contributed by atoms with Gasteiger partial charge in [-0.15, -0.1) is 22.7 Å². The maximum absolute atomic E-state index is 12.4. The third-order valence-corrected chi connectivity index (χ3v) is 5.41. The number of thiophene rings is 2. The van der Waals surface area contributed by atoms with Crippen LogP contribution in [0.2, 0.25) is 5.02 Å². The Morgan fingerprint density at radius 3 is 2.81 bits per heavy atom. The summed E-state index contributed by atoms with van der Waals surface area (Å²) in [5, 5.41) is 4.46. The number of hydrogen-bond donors (Lipinski definition) is 1. The van der Waals surface area contributed by atoms with Crippen LogP contribution < -0.4 is 5.73 Å². The average Bonchev–Trinajstić information content (AvgIpc) is 3.04. The molecule has 21 heavy (non-hydrogen) atoms. The molecule has 0 aliphatic carbocycles. The van der Waals surface area contributed by atoms with Gasteiger partial charge in [0.25, 0.3) is 5.91 Å². The van der Waals surface area contributed by atoms with E-state index in [0.717, 1.165) is 16.0 Å². The smallest absolute Gasteiger partial charge is 0.265 e. The molecule has 2 rings (SSSR count). The molecule has 0 fully saturated rings. The predicted octanol–water partition coefficient (Wildman–Crippen LogP) is 3.35. The molecular weight excluding hydrogens is 324 g/mol. The number of nitrogens with zero attached hydrogens (tertiary/aromatic N) is 1. The summed E-state index contributed by atoms with van der Waals surface area (Å²) in [5.41, 5.74) is 7.35. The lowest BCUT2D eigenvalue weighted by Crippen LogP contribution is -2.25. The van der Waals surface area contributed by atoms with Crippen LogP contribution in [0.25, 0.3) is 0 Å². The van der Waals surface area contributed by atoms with E-state index < -0.39 is 0 Å². The Morgan fingerprint density at radius 2 is 2.19 bits per heavy atom. The van der Waals surface area contributed by atoms with Crippen LogP contribution in [-0.4, -0.2) is 24.4 Å². The fourth-order valence-corrected chi connectivity index (χ4v) is 3.79. The third-order valence-electron chi connectivity index (χ3n) is 2.83. The monoisotopic (exact) mass is 338 g/mol. The molecule has 2 heterocycles. The molecule has 1 amide bonds. The van der Waals surface area contributed by atoms with Gasteiger partial charge in [0.2, 0.25) is 0 Å². The van der Waals surface area contributed by atoms with Crippen LogP contribution in [0.4, 0.5) is 0 Å². The fourth-order valence-electron chi connectivity index (χ4n) is 1.76. The first-order valence-corrected chi connectivity index (χ1v) is 8.42. The molecule has 0 aliphatic heterocycles. The second-order valence-corrected chi connectivity index (χ2v) is 6.72. The first-order chi connectivity index (χ1) is 10.0. The van der Waals surface area contributed by atoms with Crippen molar-refractivity contribution in [2.45, 2.75) is 13.5 Å². The van der Waals surface area contributed by atoms with Crippen molar-refractivity contribution >= 4 is 40.2 Å². The molecule has 0 radical (unpaired) electrons. The molecule has 2 aromatic heterocycles. The SMILES string of the molecule is Cc1csc(C(=O)N(C)Cc2csc(C#CCN)c2)c1Cl. The van der Waals surface area contributed by atoms with Crippen molar-refractivity contribution in [1.29, 1.82) is 0 Å². The van der Waals surface area contributed by atoms with Crippen molar-refractivity contribution in [3.63, 3.8) is 0 Å². The minimum Gasteiger partial charge on any atom is -0.337 e. The minimum atomic E-state index is -0.0566. The number of halogens is 1. The van der Waals surface area contributed by atoms with E-state index in [-0.39, 0.29) is 5.91 Å². The summed E-state index contributed by atoms with van der Waals surface area (Å²) < 4.78 is 0. The highest BCUT2D eigenvalue weighted by molar-refractivity contribution is 7.13. The third kappa shape index (κ3) is 3.86. The lowest BCUT2D eigenvalue weighted by Gasteiger charge is -2.15. The Kier molecular flexibility index (Phi) is 5.43. The van der Waals surface area contributed by atoms with Crippen molar-refractivity contribution in [2.24, 2.45) is 5.73 Å². The molecule has 3 nitrogen and oxygen atoms in total. The van der Waals surface area contributed by atoms with E-state index in [0.29, 0.717) is 23.0 Å². The van der Waals surface area contributed by atoms with Gasteiger partial charge in [-0.05, 0) is 34.9 Å². The molecule has 110 valence electrons. The van der Waals surface area contributed by atoms with Gasteiger partial charge >= 0.3 is 0 Å². The van der Waals surface area contributed by atoms with Gasteiger partial charge in [0.1, 0.15) is 4.88 Å². The van der Waals surface area contributed by atoms with E-state index in [1.807, 2.05) is 23.8 Å². The number of amides is 1. The maximum atomic E-state index is 12.4. The quantitative estimate of drug-likeness (QED) is 0.872. The first kappa shape index (κ1) is 16.1. The predicted molar refractivity (Wildman–Crippen MR) is 90.1 cm³/mol. The largest absolute Gasteiger partial charge is 0.337 e. The van der Waals surface area contributed by atoms with Crippen LogP contribution in [0.5, 0.6) is 0 Å². The van der Waals surface area contributed by atoms with Gasteiger partial charge < -0.3 is 10.6 Å². The van der Waals surface area contributed by atoms with E-state index in [4.69, 9.17) is 17.3 Å². The normalized spacial score (nSPS) is 10.1. The Morgan fingerprint density at radius 1 is 1.43 bits per heavy atom. The lowest BCUT2D eigenvalue weighted by molar-refractivity contribution is 0.0790.